The molecule has 7 nitrogen and oxygen atoms in total. The first-order valence-corrected chi connectivity index (χ1v) is 7.87. The Morgan fingerprint density at radius 1 is 1.20 bits per heavy atom. The largest absolute Gasteiger partial charge is 0.502 e. The SMILES string of the molecule is O=C(NCCCc1c[nH]c2ccccc12)c1cccc(O)c1[N+](=O)[O-]. The van der Waals surface area contributed by atoms with E-state index in [9.17, 15) is 20.0 Å². The molecule has 25 heavy (non-hydrogen) atoms. The van der Waals surface area contributed by atoms with Crippen LogP contribution in [0.2, 0.25) is 0 Å². The minimum atomic E-state index is -0.754. The Labute approximate surface area is 143 Å². The lowest BCUT2D eigenvalue weighted by Gasteiger charge is -2.06. The second-order valence-electron chi connectivity index (χ2n) is 5.65. The topological polar surface area (TPSA) is 108 Å². The van der Waals surface area contributed by atoms with Crippen LogP contribution in [0.15, 0.2) is 48.7 Å². The zero-order chi connectivity index (χ0) is 17.8. The smallest absolute Gasteiger partial charge is 0.323 e. The minimum Gasteiger partial charge on any atom is -0.502 e. The van der Waals surface area contributed by atoms with Gasteiger partial charge in [0.1, 0.15) is 5.56 Å². The molecule has 0 aliphatic rings. The predicted octanol–water partition coefficient (Wildman–Crippen LogP) is 3.14. The fourth-order valence-electron chi connectivity index (χ4n) is 2.82. The van der Waals surface area contributed by atoms with Gasteiger partial charge in [-0.3, -0.25) is 14.9 Å². The van der Waals surface area contributed by atoms with E-state index in [2.05, 4.69) is 10.3 Å². The molecule has 3 N–H and O–H groups in total. The fourth-order valence-corrected chi connectivity index (χ4v) is 2.82. The van der Waals surface area contributed by atoms with Crippen LogP contribution in [0.1, 0.15) is 22.3 Å². The number of aryl methyl sites for hydroxylation is 1. The number of fused-ring (bicyclic) bond motifs is 1. The number of aromatic nitrogens is 1. The summed E-state index contributed by atoms with van der Waals surface area (Å²) >= 11 is 0. The number of nitrogens with zero attached hydrogens (tertiary/aromatic N) is 1. The first-order valence-electron chi connectivity index (χ1n) is 7.87. The first kappa shape index (κ1) is 16.5. The number of phenolic OH excluding ortho intramolecular Hbond substituents is 1. The Hall–Kier alpha value is -3.35. The molecule has 1 heterocycles. The van der Waals surface area contributed by atoms with Gasteiger partial charge < -0.3 is 15.4 Å². The summed E-state index contributed by atoms with van der Waals surface area (Å²) in [7, 11) is 0. The van der Waals surface area contributed by atoms with E-state index < -0.39 is 22.3 Å². The number of benzene rings is 2. The fraction of sp³-hybridized carbons (Fsp3) is 0.167. The molecule has 3 aromatic rings. The van der Waals surface area contributed by atoms with Crippen molar-refractivity contribution in [1.82, 2.24) is 10.3 Å². The lowest BCUT2D eigenvalue weighted by Crippen LogP contribution is -2.25. The summed E-state index contributed by atoms with van der Waals surface area (Å²) in [6.07, 6.45) is 3.42. The summed E-state index contributed by atoms with van der Waals surface area (Å²) in [5.74, 6) is -1.09. The second kappa shape index (κ2) is 7.04. The van der Waals surface area contributed by atoms with Gasteiger partial charge in [0.2, 0.25) is 0 Å². The Morgan fingerprint density at radius 3 is 2.80 bits per heavy atom. The molecule has 1 amide bonds. The third-order valence-corrected chi connectivity index (χ3v) is 4.03. The molecule has 0 unspecified atom stereocenters. The molecule has 0 radical (unpaired) electrons. The van der Waals surface area contributed by atoms with Gasteiger partial charge in [-0.1, -0.05) is 24.3 Å². The monoisotopic (exact) mass is 339 g/mol. The first-order chi connectivity index (χ1) is 12.1. The zero-order valence-corrected chi connectivity index (χ0v) is 13.4. The summed E-state index contributed by atoms with van der Waals surface area (Å²) in [6.45, 7) is 0.380. The van der Waals surface area contributed by atoms with E-state index >= 15 is 0 Å². The number of rotatable bonds is 6. The Balaban J connectivity index is 1.60. The molecule has 0 saturated carbocycles. The van der Waals surface area contributed by atoms with Gasteiger partial charge in [0.25, 0.3) is 5.91 Å². The average molecular weight is 339 g/mol. The third-order valence-electron chi connectivity index (χ3n) is 4.03. The Kier molecular flexibility index (Phi) is 4.65. The number of para-hydroxylation sites is 2. The van der Waals surface area contributed by atoms with Gasteiger partial charge in [-0.05, 0) is 36.6 Å². The Morgan fingerprint density at radius 2 is 2.00 bits per heavy atom. The number of nitro benzene ring substituents is 1. The number of hydrogen-bond acceptors (Lipinski definition) is 4. The molecular weight excluding hydrogens is 322 g/mol. The molecule has 0 spiro atoms. The number of hydrogen-bond donors (Lipinski definition) is 3. The predicted molar refractivity (Wildman–Crippen MR) is 93.7 cm³/mol. The van der Waals surface area contributed by atoms with Crippen LogP contribution in [0.4, 0.5) is 5.69 Å². The van der Waals surface area contributed by atoms with Crippen LogP contribution < -0.4 is 5.32 Å². The van der Waals surface area contributed by atoms with E-state index in [0.29, 0.717) is 13.0 Å². The van der Waals surface area contributed by atoms with Gasteiger partial charge in [0.15, 0.2) is 5.75 Å². The van der Waals surface area contributed by atoms with Crippen molar-refractivity contribution in [1.29, 1.82) is 0 Å². The van der Waals surface area contributed by atoms with Gasteiger partial charge >= 0.3 is 5.69 Å². The van der Waals surface area contributed by atoms with Gasteiger partial charge in [-0.2, -0.15) is 0 Å². The number of aromatic hydroxyl groups is 1. The molecular formula is C18H17N3O4. The van der Waals surface area contributed by atoms with Crippen molar-refractivity contribution in [2.24, 2.45) is 0 Å². The minimum absolute atomic E-state index is 0.142. The van der Waals surface area contributed by atoms with Crippen molar-refractivity contribution in [3.63, 3.8) is 0 Å². The highest BCUT2D eigenvalue weighted by atomic mass is 16.6. The van der Waals surface area contributed by atoms with Crippen molar-refractivity contribution in [3.8, 4) is 5.75 Å². The number of nitrogens with one attached hydrogen (secondary N) is 2. The van der Waals surface area contributed by atoms with Gasteiger partial charge in [0, 0.05) is 23.6 Å². The number of phenols is 1. The highest BCUT2D eigenvalue weighted by Gasteiger charge is 2.23. The molecule has 0 aliphatic heterocycles. The molecule has 3 rings (SSSR count). The highest BCUT2D eigenvalue weighted by Crippen LogP contribution is 2.29. The molecule has 0 fully saturated rings. The van der Waals surface area contributed by atoms with Crippen LogP contribution in [0.3, 0.4) is 0 Å². The van der Waals surface area contributed by atoms with E-state index in [1.54, 1.807) is 0 Å². The maximum Gasteiger partial charge on any atom is 0.323 e. The zero-order valence-electron chi connectivity index (χ0n) is 13.4. The molecule has 2 aromatic carbocycles. The van der Waals surface area contributed by atoms with E-state index in [4.69, 9.17) is 0 Å². The summed E-state index contributed by atoms with van der Waals surface area (Å²) in [6, 6.07) is 11.9. The summed E-state index contributed by atoms with van der Waals surface area (Å²) in [5, 5.41) is 24.4. The molecule has 0 saturated heterocycles. The maximum atomic E-state index is 12.2. The molecule has 1 aromatic heterocycles. The van der Waals surface area contributed by atoms with Crippen LogP contribution in [0.5, 0.6) is 5.75 Å². The van der Waals surface area contributed by atoms with Crippen molar-refractivity contribution in [2.45, 2.75) is 12.8 Å². The maximum absolute atomic E-state index is 12.2. The van der Waals surface area contributed by atoms with E-state index in [-0.39, 0.29) is 5.56 Å². The van der Waals surface area contributed by atoms with Crippen molar-refractivity contribution >= 4 is 22.5 Å². The summed E-state index contributed by atoms with van der Waals surface area (Å²) < 4.78 is 0. The van der Waals surface area contributed by atoms with Crippen molar-refractivity contribution < 1.29 is 14.8 Å². The molecule has 7 heteroatoms. The highest BCUT2D eigenvalue weighted by molar-refractivity contribution is 5.99. The molecule has 0 aliphatic carbocycles. The number of amides is 1. The van der Waals surface area contributed by atoms with Gasteiger partial charge in [-0.25, -0.2) is 0 Å². The van der Waals surface area contributed by atoms with E-state index in [0.717, 1.165) is 22.9 Å². The number of aromatic amines is 1. The van der Waals surface area contributed by atoms with Crippen molar-refractivity contribution in [3.05, 3.63) is 69.9 Å². The van der Waals surface area contributed by atoms with Crippen LogP contribution >= 0.6 is 0 Å². The number of nitro groups is 1. The van der Waals surface area contributed by atoms with Crippen molar-refractivity contribution in [2.75, 3.05) is 6.54 Å². The quantitative estimate of drug-likeness (QED) is 0.364. The van der Waals surface area contributed by atoms with Gasteiger partial charge in [-0.15, -0.1) is 0 Å². The van der Waals surface area contributed by atoms with E-state index in [1.807, 2.05) is 30.5 Å². The Bertz CT molecular complexity index is 933. The van der Waals surface area contributed by atoms with Crippen LogP contribution in [0.25, 0.3) is 10.9 Å². The second-order valence-corrected chi connectivity index (χ2v) is 5.65. The lowest BCUT2D eigenvalue weighted by molar-refractivity contribution is -0.386. The summed E-state index contributed by atoms with van der Waals surface area (Å²) in [5.41, 5.74) is 1.51. The number of carbonyl (C=O) groups is 1. The number of carbonyl (C=O) groups excluding carboxylic acids is 1. The average Bonchev–Trinajstić information content (AvgIpc) is 3.01. The standard InChI is InChI=1S/C18H17N3O4/c22-16-9-3-7-14(17(16)21(24)25)18(23)19-10-4-5-12-11-20-15-8-2-1-6-13(12)15/h1-3,6-9,11,20,22H,4-5,10H2,(H,19,23). The summed E-state index contributed by atoms with van der Waals surface area (Å²) in [4.78, 5) is 25.6. The van der Waals surface area contributed by atoms with Crippen LogP contribution in [-0.2, 0) is 6.42 Å². The molecule has 0 bridgehead atoms. The number of H-pyrrole nitrogens is 1. The lowest BCUT2D eigenvalue weighted by atomic mass is 10.1. The van der Waals surface area contributed by atoms with Crippen LogP contribution in [0, 0.1) is 10.1 Å². The third kappa shape index (κ3) is 3.45. The van der Waals surface area contributed by atoms with E-state index in [1.165, 1.54) is 18.2 Å². The normalized spacial score (nSPS) is 10.7. The molecule has 0 atom stereocenters. The molecule has 128 valence electrons. The van der Waals surface area contributed by atoms with Crippen LogP contribution in [-0.4, -0.2) is 27.5 Å². The van der Waals surface area contributed by atoms with Gasteiger partial charge in [0.05, 0.1) is 4.92 Å².